The monoisotopic (exact) mass is 442 g/mol. The van der Waals surface area contributed by atoms with E-state index in [1.807, 2.05) is 24.3 Å². The van der Waals surface area contributed by atoms with Gasteiger partial charge in [0.05, 0.1) is 25.0 Å². The van der Waals surface area contributed by atoms with Gasteiger partial charge in [0.15, 0.2) is 5.03 Å². The van der Waals surface area contributed by atoms with Crippen LogP contribution in [0.4, 0.5) is 10.1 Å². The van der Waals surface area contributed by atoms with E-state index in [4.69, 9.17) is 0 Å². The third-order valence-corrected chi connectivity index (χ3v) is 8.00. The van der Waals surface area contributed by atoms with Gasteiger partial charge in [-0.05, 0) is 47.4 Å². The molecule has 162 valence electrons. The Balaban J connectivity index is 1.62. The largest absolute Gasteiger partial charge is 0.394 e. The van der Waals surface area contributed by atoms with Crippen LogP contribution in [0.15, 0.2) is 60.0 Å². The number of aromatic nitrogens is 2. The van der Waals surface area contributed by atoms with Crippen molar-refractivity contribution < 1.29 is 17.9 Å². The number of benzene rings is 2. The summed E-state index contributed by atoms with van der Waals surface area (Å²) >= 11 is 0. The fraction of sp³-hybridized carbons (Fsp3) is 0.318. The Kier molecular flexibility index (Phi) is 4.84. The van der Waals surface area contributed by atoms with Crippen LogP contribution in [-0.4, -0.2) is 46.6 Å². The average molecular weight is 443 g/mol. The van der Waals surface area contributed by atoms with E-state index >= 15 is 0 Å². The number of halogens is 1. The molecule has 9 heteroatoms. The number of fused-ring (bicyclic) bond motifs is 3. The van der Waals surface area contributed by atoms with Crippen molar-refractivity contribution in [3.8, 4) is 11.1 Å². The third-order valence-electron chi connectivity index (χ3n) is 6.24. The number of sulfonamides is 1. The van der Waals surface area contributed by atoms with Gasteiger partial charge in [-0.25, -0.2) is 17.8 Å². The zero-order valence-electron chi connectivity index (χ0n) is 16.9. The smallest absolute Gasteiger partial charge is 0.262 e. The molecule has 0 aliphatic carbocycles. The van der Waals surface area contributed by atoms with E-state index < -0.39 is 16.1 Å². The Hall–Kier alpha value is -2.75. The number of nitrogens with zero attached hydrogens (tertiary/aromatic N) is 3. The molecule has 3 heterocycles. The number of anilines is 1. The molecule has 2 aliphatic rings. The summed E-state index contributed by atoms with van der Waals surface area (Å²) in [7, 11) is -2.09. The van der Waals surface area contributed by atoms with Crippen molar-refractivity contribution >= 4 is 15.7 Å². The first-order valence-electron chi connectivity index (χ1n) is 10.2. The Morgan fingerprint density at radius 2 is 2.03 bits per heavy atom. The second-order valence-electron chi connectivity index (χ2n) is 8.14. The summed E-state index contributed by atoms with van der Waals surface area (Å²) in [4.78, 5) is 4.07. The molecule has 1 saturated heterocycles. The standard InChI is InChI=1S/C22H23FN4O3S/c1-26-11-21(24-13-26)31(29,30)27-8-7-17-20(12-28)25-19-6-5-15(10-18(19)22(17)27)14-3-2-4-16(23)9-14/h2-6,9-11,13,17,20,22,25,28H,7-8,12H2,1H3/t17-,20-,22-/m0/s1. The molecule has 2 aromatic carbocycles. The third kappa shape index (κ3) is 3.33. The molecular formula is C22H23FN4O3S. The molecule has 0 spiro atoms. The maximum absolute atomic E-state index is 13.8. The number of aliphatic hydroxyl groups is 1. The Morgan fingerprint density at radius 1 is 1.23 bits per heavy atom. The summed E-state index contributed by atoms with van der Waals surface area (Å²) in [5.41, 5.74) is 3.14. The average Bonchev–Trinajstić information content (AvgIpc) is 3.40. The highest BCUT2D eigenvalue weighted by molar-refractivity contribution is 7.89. The van der Waals surface area contributed by atoms with Gasteiger partial charge in [-0.3, -0.25) is 0 Å². The second kappa shape index (κ2) is 7.44. The lowest BCUT2D eigenvalue weighted by atomic mass is 9.82. The highest BCUT2D eigenvalue weighted by atomic mass is 32.2. The Morgan fingerprint density at radius 3 is 2.74 bits per heavy atom. The van der Waals surface area contributed by atoms with Gasteiger partial charge in [0, 0.05) is 31.4 Å². The van der Waals surface area contributed by atoms with Crippen molar-refractivity contribution in [2.24, 2.45) is 13.0 Å². The van der Waals surface area contributed by atoms with Crippen LogP contribution >= 0.6 is 0 Å². The van der Waals surface area contributed by atoms with Crippen LogP contribution in [0.1, 0.15) is 18.0 Å². The van der Waals surface area contributed by atoms with Gasteiger partial charge < -0.3 is 15.0 Å². The van der Waals surface area contributed by atoms with Crippen LogP contribution in [-0.2, 0) is 17.1 Å². The number of imidazole rings is 1. The van der Waals surface area contributed by atoms with E-state index in [2.05, 4.69) is 10.3 Å². The molecule has 2 aliphatic heterocycles. The summed E-state index contributed by atoms with van der Waals surface area (Å²) in [5, 5.41) is 13.3. The quantitative estimate of drug-likeness (QED) is 0.649. The van der Waals surface area contributed by atoms with Gasteiger partial charge in [0.1, 0.15) is 5.82 Å². The predicted octanol–water partition coefficient (Wildman–Crippen LogP) is 2.76. The highest BCUT2D eigenvalue weighted by Crippen LogP contribution is 2.49. The lowest BCUT2D eigenvalue weighted by Crippen LogP contribution is -2.42. The van der Waals surface area contributed by atoms with E-state index in [9.17, 15) is 17.9 Å². The van der Waals surface area contributed by atoms with E-state index in [0.29, 0.717) is 13.0 Å². The van der Waals surface area contributed by atoms with Gasteiger partial charge in [-0.1, -0.05) is 18.2 Å². The molecule has 2 N–H and O–H groups in total. The van der Waals surface area contributed by atoms with Crippen LogP contribution in [0, 0.1) is 11.7 Å². The summed E-state index contributed by atoms with van der Waals surface area (Å²) in [6.45, 7) is 0.250. The second-order valence-corrected chi connectivity index (χ2v) is 9.97. The van der Waals surface area contributed by atoms with Crippen LogP contribution in [0.2, 0.25) is 0 Å². The number of hydrogen-bond donors (Lipinski definition) is 2. The van der Waals surface area contributed by atoms with E-state index in [0.717, 1.165) is 22.4 Å². The first kappa shape index (κ1) is 20.2. The predicted molar refractivity (Wildman–Crippen MR) is 114 cm³/mol. The number of aryl methyl sites for hydroxylation is 1. The molecule has 0 saturated carbocycles. The topological polar surface area (TPSA) is 87.5 Å². The van der Waals surface area contributed by atoms with Gasteiger partial charge in [0.25, 0.3) is 10.0 Å². The number of hydrogen-bond acceptors (Lipinski definition) is 5. The molecule has 0 amide bonds. The molecule has 1 fully saturated rings. The van der Waals surface area contributed by atoms with Crippen molar-refractivity contribution in [2.45, 2.75) is 23.5 Å². The van der Waals surface area contributed by atoms with Gasteiger partial charge in [-0.2, -0.15) is 4.31 Å². The van der Waals surface area contributed by atoms with E-state index in [1.165, 1.54) is 29.0 Å². The molecular weight excluding hydrogens is 419 g/mol. The summed E-state index contributed by atoms with van der Waals surface area (Å²) in [6, 6.07) is 11.3. The Labute approximate surface area is 180 Å². The minimum Gasteiger partial charge on any atom is -0.394 e. The zero-order chi connectivity index (χ0) is 21.8. The van der Waals surface area contributed by atoms with E-state index in [1.54, 1.807) is 17.7 Å². The van der Waals surface area contributed by atoms with Gasteiger partial charge in [-0.15, -0.1) is 0 Å². The summed E-state index contributed by atoms with van der Waals surface area (Å²) < 4.78 is 43.7. The van der Waals surface area contributed by atoms with E-state index in [-0.39, 0.29) is 29.4 Å². The van der Waals surface area contributed by atoms with Crippen molar-refractivity contribution in [1.82, 2.24) is 13.9 Å². The molecule has 0 radical (unpaired) electrons. The van der Waals surface area contributed by atoms with Crippen molar-refractivity contribution in [3.63, 3.8) is 0 Å². The minimum absolute atomic E-state index is 0.0116. The maximum Gasteiger partial charge on any atom is 0.262 e. The number of rotatable bonds is 4. The number of aliphatic hydroxyl groups excluding tert-OH is 1. The van der Waals surface area contributed by atoms with Crippen molar-refractivity contribution in [1.29, 1.82) is 0 Å². The molecule has 7 nitrogen and oxygen atoms in total. The first-order valence-corrected chi connectivity index (χ1v) is 11.6. The molecule has 1 aromatic heterocycles. The molecule has 5 rings (SSSR count). The fourth-order valence-electron chi connectivity index (χ4n) is 4.78. The Bertz CT molecular complexity index is 1240. The molecule has 3 aromatic rings. The fourth-order valence-corrected chi connectivity index (χ4v) is 6.41. The van der Waals surface area contributed by atoms with Crippen LogP contribution in [0.5, 0.6) is 0 Å². The maximum atomic E-state index is 13.8. The normalized spacial score (nSPS) is 23.3. The lowest BCUT2D eigenvalue weighted by Gasteiger charge is -2.38. The molecule has 0 unspecified atom stereocenters. The van der Waals surface area contributed by atoms with Gasteiger partial charge >= 0.3 is 0 Å². The summed E-state index contributed by atoms with van der Waals surface area (Å²) in [6.07, 6.45) is 3.59. The van der Waals surface area contributed by atoms with Crippen LogP contribution in [0.25, 0.3) is 11.1 Å². The molecule has 3 atom stereocenters. The minimum atomic E-state index is -3.81. The zero-order valence-corrected chi connectivity index (χ0v) is 17.8. The van der Waals surface area contributed by atoms with Crippen LogP contribution < -0.4 is 5.32 Å². The highest BCUT2D eigenvalue weighted by Gasteiger charge is 2.49. The molecule has 0 bridgehead atoms. The van der Waals surface area contributed by atoms with Crippen molar-refractivity contribution in [2.75, 3.05) is 18.5 Å². The summed E-state index contributed by atoms with van der Waals surface area (Å²) in [5.74, 6) is -0.412. The van der Waals surface area contributed by atoms with Gasteiger partial charge in [0.2, 0.25) is 0 Å². The van der Waals surface area contributed by atoms with Crippen molar-refractivity contribution in [3.05, 3.63) is 66.4 Å². The molecule has 31 heavy (non-hydrogen) atoms. The van der Waals surface area contributed by atoms with Crippen LogP contribution in [0.3, 0.4) is 0 Å². The SMILES string of the molecule is Cn1cnc(S(=O)(=O)N2CC[C@H]3[C@H](CO)Nc4ccc(-c5cccc(F)c5)cc4[C@H]32)c1. The first-order chi connectivity index (χ1) is 14.9. The number of nitrogens with one attached hydrogen (secondary N) is 1. The lowest BCUT2D eigenvalue weighted by molar-refractivity contribution is 0.210.